The van der Waals surface area contributed by atoms with Gasteiger partial charge in [-0.05, 0) is 51.4 Å². The standard InChI is InChI=1S/C17H24N4O2/c1-17(2,3)23-16(22)21-14-6-4-13(5-7-14)8-9-18-12-15-19-10-11-20-15/h4-7,10-11,18H,8-9,12H2,1-3H3,(H,19,20)(H,21,22). The molecule has 0 fully saturated rings. The van der Waals surface area contributed by atoms with Gasteiger partial charge in [-0.15, -0.1) is 0 Å². The molecule has 3 N–H and O–H groups in total. The van der Waals surface area contributed by atoms with Gasteiger partial charge in [-0.25, -0.2) is 9.78 Å². The number of carbonyl (C=O) groups excluding carboxylic acids is 1. The van der Waals surface area contributed by atoms with Crippen molar-refractivity contribution in [3.05, 3.63) is 48.0 Å². The molecule has 0 spiro atoms. The molecule has 124 valence electrons. The van der Waals surface area contributed by atoms with Gasteiger partial charge in [0.2, 0.25) is 0 Å². The van der Waals surface area contributed by atoms with Crippen LogP contribution in [0.5, 0.6) is 0 Å². The van der Waals surface area contributed by atoms with Crippen LogP contribution in [0.4, 0.5) is 10.5 Å². The van der Waals surface area contributed by atoms with E-state index in [0.717, 1.165) is 31.0 Å². The van der Waals surface area contributed by atoms with Crippen molar-refractivity contribution >= 4 is 11.8 Å². The van der Waals surface area contributed by atoms with Crippen LogP contribution in [0.1, 0.15) is 32.2 Å². The number of imidazole rings is 1. The van der Waals surface area contributed by atoms with Crippen LogP contribution in [-0.4, -0.2) is 28.2 Å². The van der Waals surface area contributed by atoms with Gasteiger partial charge in [0.1, 0.15) is 11.4 Å². The number of hydrogen-bond acceptors (Lipinski definition) is 4. The molecule has 0 saturated heterocycles. The van der Waals surface area contributed by atoms with Crippen molar-refractivity contribution in [3.8, 4) is 0 Å². The molecule has 1 aromatic carbocycles. The van der Waals surface area contributed by atoms with Gasteiger partial charge in [-0.1, -0.05) is 12.1 Å². The Balaban J connectivity index is 1.72. The van der Waals surface area contributed by atoms with E-state index in [0.29, 0.717) is 0 Å². The lowest BCUT2D eigenvalue weighted by molar-refractivity contribution is 0.0636. The quantitative estimate of drug-likeness (QED) is 0.716. The molecule has 6 heteroatoms. The van der Waals surface area contributed by atoms with Crippen LogP contribution in [-0.2, 0) is 17.7 Å². The maximum absolute atomic E-state index is 11.7. The number of aromatic nitrogens is 2. The Kier molecular flexibility index (Phi) is 5.76. The Morgan fingerprint density at radius 1 is 1.26 bits per heavy atom. The van der Waals surface area contributed by atoms with Gasteiger partial charge >= 0.3 is 6.09 Å². The maximum atomic E-state index is 11.7. The SMILES string of the molecule is CC(C)(C)OC(=O)Nc1ccc(CCNCc2ncc[nH]2)cc1. The second kappa shape index (κ2) is 7.78. The van der Waals surface area contributed by atoms with E-state index < -0.39 is 11.7 Å². The number of carbonyl (C=O) groups is 1. The highest BCUT2D eigenvalue weighted by Gasteiger charge is 2.15. The van der Waals surface area contributed by atoms with Crippen LogP contribution >= 0.6 is 0 Å². The van der Waals surface area contributed by atoms with Gasteiger partial charge < -0.3 is 15.0 Å². The molecule has 0 aliphatic heterocycles. The number of benzene rings is 1. The first kappa shape index (κ1) is 17.0. The molecule has 1 aromatic heterocycles. The number of nitrogens with zero attached hydrogens (tertiary/aromatic N) is 1. The third kappa shape index (κ3) is 6.52. The minimum absolute atomic E-state index is 0.439. The van der Waals surface area contributed by atoms with E-state index in [-0.39, 0.29) is 0 Å². The fraction of sp³-hybridized carbons (Fsp3) is 0.412. The van der Waals surface area contributed by atoms with E-state index in [2.05, 4.69) is 20.6 Å². The van der Waals surface area contributed by atoms with Crippen molar-refractivity contribution in [2.24, 2.45) is 0 Å². The largest absolute Gasteiger partial charge is 0.444 e. The summed E-state index contributed by atoms with van der Waals surface area (Å²) in [6.07, 6.45) is 4.03. The first-order valence-corrected chi connectivity index (χ1v) is 7.70. The van der Waals surface area contributed by atoms with Crippen molar-refractivity contribution in [1.82, 2.24) is 15.3 Å². The topological polar surface area (TPSA) is 79.0 Å². The van der Waals surface area contributed by atoms with Crippen LogP contribution in [0, 0.1) is 0 Å². The average Bonchev–Trinajstić information content (AvgIpc) is 2.96. The molecule has 0 radical (unpaired) electrons. The number of H-pyrrole nitrogens is 1. The van der Waals surface area contributed by atoms with Crippen molar-refractivity contribution in [2.75, 3.05) is 11.9 Å². The molecule has 0 unspecified atom stereocenters. The minimum atomic E-state index is -0.496. The molecule has 0 aliphatic rings. The summed E-state index contributed by atoms with van der Waals surface area (Å²) in [6.45, 7) is 7.10. The van der Waals surface area contributed by atoms with Crippen molar-refractivity contribution in [3.63, 3.8) is 0 Å². The molecule has 1 heterocycles. The lowest BCUT2D eigenvalue weighted by Gasteiger charge is -2.19. The summed E-state index contributed by atoms with van der Waals surface area (Å²) < 4.78 is 5.22. The van der Waals surface area contributed by atoms with Crippen LogP contribution < -0.4 is 10.6 Å². The number of anilines is 1. The number of nitrogens with one attached hydrogen (secondary N) is 3. The van der Waals surface area contributed by atoms with Crippen molar-refractivity contribution < 1.29 is 9.53 Å². The Morgan fingerprint density at radius 2 is 2.00 bits per heavy atom. The zero-order chi connectivity index (χ0) is 16.7. The molecule has 1 amide bonds. The maximum Gasteiger partial charge on any atom is 0.412 e. The number of ether oxygens (including phenoxy) is 1. The first-order valence-electron chi connectivity index (χ1n) is 7.70. The van der Waals surface area contributed by atoms with E-state index in [1.54, 1.807) is 6.20 Å². The van der Waals surface area contributed by atoms with Gasteiger partial charge in [0.15, 0.2) is 0 Å². The van der Waals surface area contributed by atoms with Gasteiger partial charge in [0, 0.05) is 18.1 Å². The predicted molar refractivity (Wildman–Crippen MR) is 90.3 cm³/mol. The highest BCUT2D eigenvalue weighted by molar-refractivity contribution is 5.84. The van der Waals surface area contributed by atoms with E-state index >= 15 is 0 Å². The van der Waals surface area contributed by atoms with Crippen molar-refractivity contribution in [2.45, 2.75) is 39.3 Å². The van der Waals surface area contributed by atoms with Crippen LogP contribution in [0.25, 0.3) is 0 Å². The molecule has 0 saturated carbocycles. The number of aromatic amines is 1. The third-order valence-electron chi connectivity index (χ3n) is 3.04. The highest BCUT2D eigenvalue weighted by Crippen LogP contribution is 2.13. The minimum Gasteiger partial charge on any atom is -0.444 e. The second-order valence-electron chi connectivity index (χ2n) is 6.29. The fourth-order valence-corrected chi connectivity index (χ4v) is 2.01. The number of hydrogen-bond donors (Lipinski definition) is 3. The Labute approximate surface area is 136 Å². The Morgan fingerprint density at radius 3 is 2.61 bits per heavy atom. The number of rotatable bonds is 6. The van der Waals surface area contributed by atoms with Crippen molar-refractivity contribution in [1.29, 1.82) is 0 Å². The predicted octanol–water partition coefficient (Wildman–Crippen LogP) is 3.09. The van der Waals surface area contributed by atoms with Gasteiger partial charge in [-0.3, -0.25) is 5.32 Å². The average molecular weight is 316 g/mol. The first-order chi connectivity index (χ1) is 10.9. The molecule has 6 nitrogen and oxygen atoms in total. The third-order valence-corrected chi connectivity index (χ3v) is 3.04. The molecule has 0 bridgehead atoms. The molecule has 0 aliphatic carbocycles. The molecule has 23 heavy (non-hydrogen) atoms. The van der Waals surface area contributed by atoms with E-state index in [1.807, 2.05) is 51.2 Å². The summed E-state index contributed by atoms with van der Waals surface area (Å²) in [7, 11) is 0. The zero-order valence-electron chi connectivity index (χ0n) is 13.8. The van der Waals surface area contributed by atoms with Crippen LogP contribution in [0.2, 0.25) is 0 Å². The van der Waals surface area contributed by atoms with E-state index in [9.17, 15) is 4.79 Å². The van der Waals surface area contributed by atoms with Gasteiger partial charge in [0.25, 0.3) is 0 Å². The van der Waals surface area contributed by atoms with E-state index in [4.69, 9.17) is 4.74 Å². The molecular formula is C17H24N4O2. The summed E-state index contributed by atoms with van der Waals surface area (Å²) in [5, 5.41) is 6.05. The highest BCUT2D eigenvalue weighted by atomic mass is 16.6. The normalized spacial score (nSPS) is 11.3. The van der Waals surface area contributed by atoms with Gasteiger partial charge in [0.05, 0.1) is 6.54 Å². The Hall–Kier alpha value is -2.34. The molecule has 2 aromatic rings. The zero-order valence-corrected chi connectivity index (χ0v) is 13.8. The van der Waals surface area contributed by atoms with Crippen LogP contribution in [0.15, 0.2) is 36.7 Å². The lowest BCUT2D eigenvalue weighted by atomic mass is 10.1. The van der Waals surface area contributed by atoms with Gasteiger partial charge in [-0.2, -0.15) is 0 Å². The summed E-state index contributed by atoms with van der Waals surface area (Å²) in [5.74, 6) is 0.932. The summed E-state index contributed by atoms with van der Waals surface area (Å²) in [5.41, 5.74) is 1.43. The summed E-state index contributed by atoms with van der Waals surface area (Å²) in [4.78, 5) is 18.9. The number of amides is 1. The lowest BCUT2D eigenvalue weighted by Crippen LogP contribution is -2.27. The summed E-state index contributed by atoms with van der Waals surface area (Å²) in [6, 6.07) is 7.76. The molecule has 2 rings (SSSR count). The van der Waals surface area contributed by atoms with E-state index in [1.165, 1.54) is 5.56 Å². The Bertz CT molecular complexity index is 601. The smallest absolute Gasteiger partial charge is 0.412 e. The second-order valence-corrected chi connectivity index (χ2v) is 6.29. The molecule has 0 atom stereocenters. The monoisotopic (exact) mass is 316 g/mol. The van der Waals surface area contributed by atoms with Crippen LogP contribution in [0.3, 0.4) is 0 Å². The molecular weight excluding hydrogens is 292 g/mol. The fourth-order valence-electron chi connectivity index (χ4n) is 2.01. The summed E-state index contributed by atoms with van der Waals surface area (Å²) >= 11 is 0.